The fourth-order valence-corrected chi connectivity index (χ4v) is 7.90. The summed E-state index contributed by atoms with van der Waals surface area (Å²) in [6.07, 6.45) is 1.88. The Hall–Kier alpha value is -5.89. The van der Waals surface area contributed by atoms with Crippen LogP contribution in [0.5, 0.6) is 5.75 Å². The average Bonchev–Trinajstić information content (AvgIpc) is 3.27. The average molecular weight is 963 g/mol. The molecular formula is C56H51N2OPt-. The maximum atomic E-state index is 11.4. The van der Waals surface area contributed by atoms with Crippen LogP contribution in [0, 0.1) is 6.07 Å². The van der Waals surface area contributed by atoms with E-state index in [4.69, 9.17) is 9.97 Å². The summed E-state index contributed by atoms with van der Waals surface area (Å²) in [7, 11) is 0. The Morgan fingerprint density at radius 1 is 0.417 bits per heavy atom. The first-order chi connectivity index (χ1) is 28.3. The van der Waals surface area contributed by atoms with Crippen molar-refractivity contribution in [1.82, 2.24) is 9.97 Å². The van der Waals surface area contributed by atoms with E-state index in [1.807, 2.05) is 18.3 Å². The quantitative estimate of drug-likeness (QED) is 0.147. The number of aromatic hydroxyl groups is 1. The van der Waals surface area contributed by atoms with E-state index in [1.54, 1.807) is 6.07 Å². The summed E-state index contributed by atoms with van der Waals surface area (Å²) >= 11 is 0. The van der Waals surface area contributed by atoms with Gasteiger partial charge in [0.1, 0.15) is 5.75 Å². The zero-order valence-corrected chi connectivity index (χ0v) is 37.7. The van der Waals surface area contributed by atoms with Crippen LogP contribution in [0.1, 0.15) is 76.3 Å². The Labute approximate surface area is 370 Å². The number of aromatic nitrogens is 2. The Morgan fingerprint density at radius 3 is 1.50 bits per heavy atom. The number of nitrogens with zero attached hydrogens (tertiary/aromatic N) is 2. The number of pyridine rings is 2. The molecule has 4 heteroatoms. The monoisotopic (exact) mass is 962 g/mol. The molecule has 0 amide bonds. The number of phenols is 1. The van der Waals surface area contributed by atoms with Gasteiger partial charge in [0.15, 0.2) is 0 Å². The van der Waals surface area contributed by atoms with Gasteiger partial charge in [-0.3, -0.25) is 9.97 Å². The van der Waals surface area contributed by atoms with Gasteiger partial charge in [-0.25, -0.2) is 0 Å². The molecule has 0 saturated carbocycles. The van der Waals surface area contributed by atoms with Crippen LogP contribution in [-0.2, 0) is 37.3 Å². The van der Waals surface area contributed by atoms with Crippen molar-refractivity contribution in [2.45, 2.75) is 64.7 Å². The summed E-state index contributed by atoms with van der Waals surface area (Å²) in [6, 6.07) is 63.2. The molecule has 0 radical (unpaired) electrons. The first-order valence-electron chi connectivity index (χ1n) is 20.5. The Balaban J connectivity index is 0.00000544. The Bertz CT molecular complexity index is 2730. The summed E-state index contributed by atoms with van der Waals surface area (Å²) in [5, 5.41) is 11.4. The van der Waals surface area contributed by atoms with Crippen LogP contribution >= 0.6 is 0 Å². The van der Waals surface area contributed by atoms with Crippen LogP contribution in [0.4, 0.5) is 0 Å². The van der Waals surface area contributed by atoms with E-state index in [0.29, 0.717) is 11.3 Å². The molecule has 2 aromatic heterocycles. The van der Waals surface area contributed by atoms with Crippen LogP contribution < -0.4 is 0 Å². The Kier molecular flexibility index (Phi) is 12.0. The SMILES string of the molecule is CC(C)(C)c1ccc(O)c(-c2cc(-c3ccc(C(C)(C)c4ccccc4)cc3)cc(-c3[c-]c(-c4cc(-c5ccccc5)ccn4)cc(C(C)(C)c4ccccc4)c3)n2)c1.[Pt]. The van der Waals surface area contributed by atoms with Crippen LogP contribution in [0.25, 0.3) is 56.0 Å². The van der Waals surface area contributed by atoms with Gasteiger partial charge < -0.3 is 5.11 Å². The number of hydrogen-bond acceptors (Lipinski definition) is 3. The van der Waals surface area contributed by atoms with Gasteiger partial charge in [-0.15, -0.1) is 23.8 Å². The summed E-state index contributed by atoms with van der Waals surface area (Å²) in [5.74, 6) is 0.194. The van der Waals surface area contributed by atoms with E-state index < -0.39 is 0 Å². The third-order valence-electron chi connectivity index (χ3n) is 11.9. The normalized spacial score (nSPS) is 11.8. The second-order valence-electron chi connectivity index (χ2n) is 17.7. The molecule has 6 aromatic carbocycles. The fourth-order valence-electron chi connectivity index (χ4n) is 7.90. The first kappa shape index (κ1) is 42.2. The van der Waals surface area contributed by atoms with E-state index in [9.17, 15) is 5.11 Å². The first-order valence-corrected chi connectivity index (χ1v) is 20.5. The second-order valence-corrected chi connectivity index (χ2v) is 17.7. The van der Waals surface area contributed by atoms with Crippen molar-refractivity contribution in [2.24, 2.45) is 0 Å². The van der Waals surface area contributed by atoms with Gasteiger partial charge in [0.05, 0.1) is 5.69 Å². The molecule has 1 N–H and O–H groups in total. The van der Waals surface area contributed by atoms with Gasteiger partial charge in [0, 0.05) is 55.0 Å². The molecule has 0 atom stereocenters. The van der Waals surface area contributed by atoms with Crippen molar-refractivity contribution in [3.8, 4) is 61.8 Å². The van der Waals surface area contributed by atoms with Crippen LogP contribution in [0.15, 0.2) is 176 Å². The summed E-state index contributed by atoms with van der Waals surface area (Å²) in [5.41, 5.74) is 14.3. The number of phenolic OH excluding ortho intramolecular Hbond substituents is 1. The molecule has 0 unspecified atom stereocenters. The smallest absolute Gasteiger partial charge is 0.124 e. The molecule has 302 valence electrons. The predicted molar refractivity (Wildman–Crippen MR) is 246 cm³/mol. The van der Waals surface area contributed by atoms with Gasteiger partial charge >= 0.3 is 0 Å². The zero-order valence-electron chi connectivity index (χ0n) is 35.4. The van der Waals surface area contributed by atoms with Crippen molar-refractivity contribution in [3.05, 3.63) is 210 Å². The van der Waals surface area contributed by atoms with E-state index in [2.05, 4.69) is 206 Å². The van der Waals surface area contributed by atoms with E-state index in [1.165, 1.54) is 16.7 Å². The molecule has 3 nitrogen and oxygen atoms in total. The van der Waals surface area contributed by atoms with Gasteiger partial charge in [-0.1, -0.05) is 193 Å². The molecule has 0 saturated heterocycles. The fraction of sp³-hybridized carbons (Fsp3) is 0.179. The van der Waals surface area contributed by atoms with E-state index in [-0.39, 0.29) is 43.1 Å². The van der Waals surface area contributed by atoms with Crippen molar-refractivity contribution in [2.75, 3.05) is 0 Å². The second kappa shape index (κ2) is 17.0. The molecule has 0 aliphatic heterocycles. The molecule has 0 spiro atoms. The topological polar surface area (TPSA) is 46.0 Å². The summed E-state index contributed by atoms with van der Waals surface area (Å²) < 4.78 is 0. The van der Waals surface area contributed by atoms with E-state index >= 15 is 0 Å². The maximum Gasteiger partial charge on any atom is 0.124 e. The predicted octanol–water partition coefficient (Wildman–Crippen LogP) is 14.3. The largest absolute Gasteiger partial charge is 0.507 e. The van der Waals surface area contributed by atoms with Gasteiger partial charge in [0.25, 0.3) is 0 Å². The van der Waals surface area contributed by atoms with E-state index in [0.717, 1.165) is 55.9 Å². The maximum absolute atomic E-state index is 11.4. The molecule has 60 heavy (non-hydrogen) atoms. The third kappa shape index (κ3) is 8.70. The van der Waals surface area contributed by atoms with Gasteiger partial charge in [-0.05, 0) is 74.2 Å². The molecule has 0 bridgehead atoms. The van der Waals surface area contributed by atoms with Crippen molar-refractivity contribution < 1.29 is 26.2 Å². The van der Waals surface area contributed by atoms with Crippen molar-refractivity contribution in [3.63, 3.8) is 0 Å². The minimum Gasteiger partial charge on any atom is -0.507 e. The molecule has 0 aliphatic carbocycles. The number of hydrogen-bond donors (Lipinski definition) is 1. The number of benzene rings is 6. The van der Waals surface area contributed by atoms with Gasteiger partial charge in [-0.2, -0.15) is 0 Å². The molecule has 0 fully saturated rings. The Morgan fingerprint density at radius 2 is 0.900 bits per heavy atom. The molecule has 2 heterocycles. The van der Waals surface area contributed by atoms with Gasteiger partial charge in [0.2, 0.25) is 0 Å². The minimum atomic E-state index is -0.349. The summed E-state index contributed by atoms with van der Waals surface area (Å²) in [4.78, 5) is 10.3. The van der Waals surface area contributed by atoms with Crippen LogP contribution in [0.3, 0.4) is 0 Å². The summed E-state index contributed by atoms with van der Waals surface area (Å²) in [6.45, 7) is 15.6. The van der Waals surface area contributed by atoms with Crippen molar-refractivity contribution >= 4 is 0 Å². The number of rotatable bonds is 9. The van der Waals surface area contributed by atoms with Crippen molar-refractivity contribution in [1.29, 1.82) is 0 Å². The molecular weight excluding hydrogens is 912 g/mol. The standard InChI is InChI=1S/C56H51N2O.Pt/c1-54(2,3)47-27-28-53(59)49(37-47)52-36-41(39-23-25-46(26-24-39)55(4,5)44-19-13-9-14-20-44)35-51(58-52)43-31-42(32-48(33-43)56(6,7)45-21-15-10-16-22-45)50-34-40(29-30-57-50)38-17-11-8-12-18-38;/h8-30,32-37,59H,1-7H3;/q-1;. The van der Waals surface area contributed by atoms with Crippen LogP contribution in [-0.4, -0.2) is 15.1 Å². The molecule has 8 aromatic rings. The van der Waals surface area contributed by atoms with Crippen LogP contribution in [0.2, 0.25) is 0 Å². The molecule has 0 aliphatic rings. The third-order valence-corrected chi connectivity index (χ3v) is 11.9. The molecule has 8 rings (SSSR count). The minimum absolute atomic E-state index is 0. The zero-order chi connectivity index (χ0) is 41.4.